The number of unbranched alkanes of at least 4 members (excludes halogenated alkanes) is 1. The van der Waals surface area contributed by atoms with Crippen LogP contribution in [-0.4, -0.2) is 101 Å². The molecule has 4 saturated heterocycles. The summed E-state index contributed by atoms with van der Waals surface area (Å²) in [6.07, 6.45) is 13.3. The molecule has 0 aromatic heterocycles. The van der Waals surface area contributed by atoms with Gasteiger partial charge in [0.15, 0.2) is 0 Å². The number of hydrogen-bond acceptors (Lipinski definition) is 6. The molecule has 1 aliphatic carbocycles. The highest BCUT2D eigenvalue weighted by Crippen LogP contribution is 2.42. The minimum Gasteiger partial charge on any atom is -0.442 e. The number of piperidine rings is 2. The summed E-state index contributed by atoms with van der Waals surface area (Å²) in [5.74, 6) is 1.26. The summed E-state index contributed by atoms with van der Waals surface area (Å²) in [4.78, 5) is 59.9. The van der Waals surface area contributed by atoms with E-state index in [1.165, 1.54) is 43.4 Å². The molecule has 0 N–H and O–H groups in total. The number of likely N-dealkylation sites (tertiary alicyclic amines) is 2. The number of nitrogens with zero attached hydrogens (tertiary/aromatic N) is 4. The lowest BCUT2D eigenvalue weighted by atomic mass is 9.75. The van der Waals surface area contributed by atoms with Crippen molar-refractivity contribution in [2.45, 2.75) is 95.6 Å². The van der Waals surface area contributed by atoms with Crippen LogP contribution in [0.25, 0.3) is 0 Å². The maximum Gasteiger partial charge on any atom is 0.410 e. The zero-order valence-corrected chi connectivity index (χ0v) is 28.6. The van der Waals surface area contributed by atoms with Crippen LogP contribution in [0.4, 0.5) is 10.5 Å². The maximum absolute atomic E-state index is 13.7. The molecule has 4 heterocycles. The Morgan fingerprint density at radius 2 is 1.69 bits per heavy atom. The first-order valence-corrected chi connectivity index (χ1v) is 19.5. The predicted octanol–water partition coefficient (Wildman–Crippen LogP) is 4.50. The number of para-hydroxylation sites is 1. The molecule has 250 valence electrons. The van der Waals surface area contributed by atoms with Crippen LogP contribution in [-0.2, 0) is 14.3 Å². The lowest BCUT2D eigenvalue weighted by Gasteiger charge is -2.52. The third-order valence-electron chi connectivity index (χ3n) is 11.5. The number of benzene rings is 1. The minimum atomic E-state index is -1.00. The molecule has 9 nitrogen and oxygen atoms in total. The van der Waals surface area contributed by atoms with Gasteiger partial charge in [-0.1, -0.05) is 51.2 Å². The van der Waals surface area contributed by atoms with Crippen molar-refractivity contribution in [1.29, 1.82) is 0 Å². The second-order valence-corrected chi connectivity index (χ2v) is 16.1. The average Bonchev–Trinajstić information content (AvgIpc) is 3.07. The molecule has 1 spiro atoms. The van der Waals surface area contributed by atoms with Crippen molar-refractivity contribution in [1.82, 2.24) is 14.7 Å². The van der Waals surface area contributed by atoms with Crippen LogP contribution in [0.3, 0.4) is 0 Å². The summed E-state index contributed by atoms with van der Waals surface area (Å²) < 4.78 is 6.45. The van der Waals surface area contributed by atoms with E-state index in [2.05, 4.69) is 11.8 Å². The van der Waals surface area contributed by atoms with Gasteiger partial charge in [0, 0.05) is 70.6 Å². The maximum atomic E-state index is 13.7. The summed E-state index contributed by atoms with van der Waals surface area (Å²) in [5.41, 5.74) is 0.729. The van der Waals surface area contributed by atoms with E-state index in [1.807, 2.05) is 21.9 Å². The molecule has 5 fully saturated rings. The van der Waals surface area contributed by atoms with E-state index in [1.54, 1.807) is 12.1 Å². The highest BCUT2D eigenvalue weighted by Gasteiger charge is 2.50. The Morgan fingerprint density at radius 1 is 0.956 bits per heavy atom. The third-order valence-corrected chi connectivity index (χ3v) is 12.9. The van der Waals surface area contributed by atoms with Gasteiger partial charge < -0.3 is 19.4 Å². The molecule has 1 saturated carbocycles. The van der Waals surface area contributed by atoms with Crippen LogP contribution in [0, 0.1) is 11.8 Å². The molecule has 10 heteroatoms. The van der Waals surface area contributed by atoms with Crippen molar-refractivity contribution in [3.63, 3.8) is 0 Å². The minimum absolute atomic E-state index is 0.0598. The van der Waals surface area contributed by atoms with Gasteiger partial charge in [-0.25, -0.2) is 16.6 Å². The van der Waals surface area contributed by atoms with Crippen molar-refractivity contribution < 1.29 is 23.9 Å². The first-order chi connectivity index (χ1) is 21.9. The average molecular weight is 643 g/mol. The van der Waals surface area contributed by atoms with Gasteiger partial charge in [0.2, 0.25) is 5.12 Å². The Morgan fingerprint density at radius 3 is 2.42 bits per heavy atom. The van der Waals surface area contributed by atoms with Crippen molar-refractivity contribution in [3.05, 3.63) is 29.8 Å². The second-order valence-electron chi connectivity index (χ2n) is 14.2. The van der Waals surface area contributed by atoms with Gasteiger partial charge in [0.05, 0.1) is 11.3 Å². The van der Waals surface area contributed by atoms with Gasteiger partial charge >= 0.3 is 12.0 Å². The van der Waals surface area contributed by atoms with E-state index in [0.29, 0.717) is 48.8 Å². The molecule has 1 atom stereocenters. The van der Waals surface area contributed by atoms with Crippen LogP contribution in [0.1, 0.15) is 94.3 Å². The quantitative estimate of drug-likeness (QED) is 0.388. The standard InChI is InChI=1S/C35H54N4O5S/c1-2-3-11-27-25-38(24-26-9-5-4-6-10-26)34(43)44-35(27)16-20-36(21-17-35)28-14-18-37(19-15-28)31(40)29-12-7-8-13-30(29)39-22-23-45-33(42)32(39)41/h7-8,12-13,26-28H,2-6,9-11,14-25H2,1H3,45H4. The molecule has 45 heavy (non-hydrogen) atoms. The van der Waals surface area contributed by atoms with Crippen LogP contribution in [0.2, 0.25) is 0 Å². The van der Waals surface area contributed by atoms with E-state index in [9.17, 15) is 19.2 Å². The smallest absolute Gasteiger partial charge is 0.410 e. The van der Waals surface area contributed by atoms with Gasteiger partial charge in [0.1, 0.15) is 5.60 Å². The van der Waals surface area contributed by atoms with Gasteiger partial charge in [-0.2, -0.15) is 0 Å². The molecule has 4 aliphatic heterocycles. The topological polar surface area (TPSA) is 90.5 Å². The number of hydrogen-bond donors (Lipinski definition) is 0. The highest BCUT2D eigenvalue weighted by molar-refractivity contribution is 8.15. The monoisotopic (exact) mass is 642 g/mol. The van der Waals surface area contributed by atoms with Crippen molar-refractivity contribution >= 4 is 40.5 Å². The predicted molar refractivity (Wildman–Crippen MR) is 182 cm³/mol. The van der Waals surface area contributed by atoms with E-state index in [0.717, 1.165) is 70.5 Å². The fourth-order valence-electron chi connectivity index (χ4n) is 8.72. The molecular weight excluding hydrogens is 588 g/mol. The number of amides is 3. The molecule has 0 bridgehead atoms. The highest BCUT2D eigenvalue weighted by atomic mass is 32.2. The Labute approximate surface area is 272 Å². The van der Waals surface area contributed by atoms with E-state index in [-0.39, 0.29) is 22.7 Å². The summed E-state index contributed by atoms with van der Waals surface area (Å²) in [6, 6.07) is 7.65. The molecule has 1 unspecified atom stereocenters. The van der Waals surface area contributed by atoms with Crippen LogP contribution < -0.4 is 4.90 Å². The Hall–Kier alpha value is -2.59. The SMILES string of the molecule is CCCCC1CN(CC2CCCCC2)C(=O)OC12CCN(C1CCN(C(=O)c3ccccc3N3CC[SH4]C(=O)C3=O)CC1)CC2. The van der Waals surface area contributed by atoms with Gasteiger partial charge in [0.25, 0.3) is 5.91 Å². The zero-order valence-electron chi connectivity index (χ0n) is 27.2. The van der Waals surface area contributed by atoms with E-state index < -0.39 is 17.7 Å². The number of carbonyl (C=O) groups excluding carboxylic acids is 4. The normalized spacial score (nSPS) is 25.8. The Balaban J connectivity index is 1.04. The molecule has 0 radical (unpaired) electrons. The number of rotatable bonds is 8. The van der Waals surface area contributed by atoms with Gasteiger partial charge in [-0.15, -0.1) is 0 Å². The number of anilines is 1. The fraction of sp³-hybridized carbons (Fsp3) is 0.714. The molecule has 1 aromatic rings. The lowest BCUT2D eigenvalue weighted by molar-refractivity contribution is -0.131. The second kappa shape index (κ2) is 14.4. The van der Waals surface area contributed by atoms with Crippen LogP contribution >= 0.6 is 11.8 Å². The van der Waals surface area contributed by atoms with E-state index in [4.69, 9.17) is 4.74 Å². The van der Waals surface area contributed by atoms with Crippen molar-refractivity contribution in [3.8, 4) is 0 Å². The summed E-state index contributed by atoms with van der Waals surface area (Å²) in [5, 5.41) is -0.246. The van der Waals surface area contributed by atoms with Crippen LogP contribution in [0.5, 0.6) is 0 Å². The summed E-state index contributed by atoms with van der Waals surface area (Å²) in [6.45, 7) is 7.66. The summed E-state index contributed by atoms with van der Waals surface area (Å²) in [7, 11) is 0. The van der Waals surface area contributed by atoms with E-state index >= 15 is 0 Å². The number of ether oxygens (including phenoxy) is 1. The number of carbonyl (C=O) groups is 4. The fourth-order valence-corrected chi connectivity index (χ4v) is 9.92. The molecule has 5 aliphatic rings. The Bertz CT molecular complexity index is 1240. The molecule has 3 amide bonds. The molecule has 1 aromatic carbocycles. The Kier molecular flexibility index (Phi) is 10.4. The zero-order chi connectivity index (χ0) is 31.4. The molecule has 6 rings (SSSR count). The van der Waals surface area contributed by atoms with Crippen molar-refractivity contribution in [2.75, 3.05) is 56.5 Å². The third kappa shape index (κ3) is 7.07. The van der Waals surface area contributed by atoms with Gasteiger partial charge in [-0.05, 0) is 55.9 Å². The van der Waals surface area contributed by atoms with Gasteiger partial charge in [-0.3, -0.25) is 19.3 Å². The van der Waals surface area contributed by atoms with Crippen LogP contribution in [0.15, 0.2) is 24.3 Å². The largest absolute Gasteiger partial charge is 0.442 e. The lowest BCUT2D eigenvalue weighted by Crippen LogP contribution is -2.61. The summed E-state index contributed by atoms with van der Waals surface area (Å²) >= 11 is -1.00. The first-order valence-electron chi connectivity index (χ1n) is 17.8. The first kappa shape index (κ1) is 32.4. The van der Waals surface area contributed by atoms with Crippen molar-refractivity contribution in [2.24, 2.45) is 11.8 Å². The molecular formula is C35H54N4O5S.